The molecule has 0 unspecified atom stereocenters. The van der Waals surface area contributed by atoms with Gasteiger partial charge in [-0.25, -0.2) is 0 Å². The van der Waals surface area contributed by atoms with Crippen LogP contribution in [0, 0.1) is 0 Å². The largest absolute Gasteiger partial charge is 0.332 e. The van der Waals surface area contributed by atoms with Gasteiger partial charge in [0.25, 0.3) is 5.91 Å². The predicted molar refractivity (Wildman–Crippen MR) is 93.9 cm³/mol. The van der Waals surface area contributed by atoms with Gasteiger partial charge in [-0.05, 0) is 5.53 Å². The number of carbonyl (C=O) groups is 2. The maximum Gasteiger partial charge on any atom is 0.253 e. The van der Waals surface area contributed by atoms with Crippen LogP contribution in [0.1, 0.15) is 0 Å². The van der Waals surface area contributed by atoms with Crippen LogP contribution >= 0.6 is 0 Å². The molecule has 0 spiro atoms. The number of hydrogen-bond donors (Lipinski definition) is 0. The average Bonchev–Trinajstić information content (AvgIpc) is 2.58. The van der Waals surface area contributed by atoms with E-state index in [4.69, 9.17) is 5.53 Å². The Hall–Kier alpha value is -3.05. The fourth-order valence-electron chi connectivity index (χ4n) is 2.04. The van der Waals surface area contributed by atoms with Crippen molar-refractivity contribution < 1.29 is 9.59 Å². The van der Waals surface area contributed by atoms with Crippen molar-refractivity contribution in [3.8, 4) is 0 Å². The normalized spacial score (nSPS) is 13.8. The Labute approximate surface area is 141 Å². The molecule has 0 aliphatic carbocycles. The van der Waals surface area contributed by atoms with Gasteiger partial charge in [0, 0.05) is 42.2 Å². The van der Waals surface area contributed by atoms with Gasteiger partial charge in [-0.2, -0.15) is 0 Å². The highest BCUT2D eigenvalue weighted by Gasteiger charge is 2.16. The van der Waals surface area contributed by atoms with Crippen LogP contribution < -0.4 is 0 Å². The first-order chi connectivity index (χ1) is 11.5. The molecule has 0 radical (unpaired) electrons. The topological polar surface area (TPSA) is 89.4 Å². The van der Waals surface area contributed by atoms with Crippen molar-refractivity contribution >= 4 is 11.8 Å². The van der Waals surface area contributed by atoms with E-state index in [1.807, 2.05) is 12.2 Å². The summed E-state index contributed by atoms with van der Waals surface area (Å²) in [7, 11) is 0. The first-order valence-electron chi connectivity index (χ1n) is 7.39. The van der Waals surface area contributed by atoms with Gasteiger partial charge in [-0.3, -0.25) is 9.59 Å². The average molecular weight is 327 g/mol. The monoisotopic (exact) mass is 327 g/mol. The maximum atomic E-state index is 12.2. The standard InChI is InChI=1S/C17H21N5O2/c1-4-9-21(17(24)15(3)13-19-20-18)10-5-6-11-22-12-7-8-14(2)16(22)23/h4-8H,1-3,9-13H2/b6-5+. The van der Waals surface area contributed by atoms with Crippen LogP contribution in [-0.2, 0) is 9.59 Å². The number of azide groups is 1. The molecule has 1 aliphatic heterocycles. The number of rotatable bonds is 9. The number of hydrogen-bond acceptors (Lipinski definition) is 3. The molecule has 0 fully saturated rings. The minimum Gasteiger partial charge on any atom is -0.332 e. The second-order valence-corrected chi connectivity index (χ2v) is 5.10. The summed E-state index contributed by atoms with van der Waals surface area (Å²) in [5.74, 6) is -0.388. The van der Waals surface area contributed by atoms with Gasteiger partial charge in [0.05, 0.1) is 6.54 Å². The number of nitrogens with zero attached hydrogens (tertiary/aromatic N) is 5. The van der Waals surface area contributed by atoms with E-state index in [0.717, 1.165) is 0 Å². The Kier molecular flexibility index (Phi) is 7.81. The van der Waals surface area contributed by atoms with Crippen molar-refractivity contribution in [2.75, 3.05) is 32.7 Å². The summed E-state index contributed by atoms with van der Waals surface area (Å²) < 4.78 is 0. The van der Waals surface area contributed by atoms with Gasteiger partial charge in [-0.15, -0.1) is 6.58 Å². The SMILES string of the molecule is C=CCN(C/C=C/CN1CC=CC(=C)C1=O)C(=O)C(=C)CN=[N+]=[N-]. The van der Waals surface area contributed by atoms with E-state index in [0.29, 0.717) is 31.8 Å². The maximum absolute atomic E-state index is 12.2. The first-order valence-corrected chi connectivity index (χ1v) is 7.39. The molecule has 1 aliphatic rings. The molecule has 0 N–H and O–H groups in total. The van der Waals surface area contributed by atoms with Crippen LogP contribution in [-0.4, -0.2) is 54.3 Å². The van der Waals surface area contributed by atoms with Crippen LogP contribution in [0.25, 0.3) is 10.4 Å². The highest BCUT2D eigenvalue weighted by atomic mass is 16.2. The minimum atomic E-state index is -0.294. The van der Waals surface area contributed by atoms with Crippen molar-refractivity contribution in [2.45, 2.75) is 0 Å². The van der Waals surface area contributed by atoms with Crippen LogP contribution in [0.5, 0.6) is 0 Å². The molecule has 0 saturated carbocycles. The Morgan fingerprint density at radius 1 is 1.46 bits per heavy atom. The summed E-state index contributed by atoms with van der Waals surface area (Å²) in [6, 6.07) is 0. The van der Waals surface area contributed by atoms with E-state index in [-0.39, 0.29) is 23.9 Å². The third-order valence-corrected chi connectivity index (χ3v) is 3.29. The number of carbonyl (C=O) groups excluding carboxylic acids is 2. The third-order valence-electron chi connectivity index (χ3n) is 3.29. The van der Waals surface area contributed by atoms with Gasteiger partial charge < -0.3 is 9.80 Å². The smallest absolute Gasteiger partial charge is 0.253 e. The van der Waals surface area contributed by atoms with E-state index in [1.165, 1.54) is 4.90 Å². The van der Waals surface area contributed by atoms with Crippen LogP contribution in [0.15, 0.2) is 66.4 Å². The van der Waals surface area contributed by atoms with Gasteiger partial charge in [-0.1, -0.05) is 48.7 Å². The zero-order chi connectivity index (χ0) is 17.9. The molecule has 0 aromatic rings. The molecule has 2 amide bonds. The molecular weight excluding hydrogens is 306 g/mol. The lowest BCUT2D eigenvalue weighted by atomic mass is 10.2. The Morgan fingerprint density at radius 2 is 2.21 bits per heavy atom. The molecule has 0 bridgehead atoms. The first kappa shape index (κ1) is 19.0. The van der Waals surface area contributed by atoms with Crippen LogP contribution in [0.4, 0.5) is 0 Å². The summed E-state index contributed by atoms with van der Waals surface area (Å²) in [6.45, 7) is 12.6. The molecule has 0 atom stereocenters. The second kappa shape index (κ2) is 9.86. The van der Waals surface area contributed by atoms with E-state index in [9.17, 15) is 9.59 Å². The number of amides is 2. The molecule has 24 heavy (non-hydrogen) atoms. The van der Waals surface area contributed by atoms with E-state index >= 15 is 0 Å². The molecule has 7 heteroatoms. The molecule has 1 rings (SSSR count). The summed E-state index contributed by atoms with van der Waals surface area (Å²) in [5.41, 5.74) is 8.98. The lowest BCUT2D eigenvalue weighted by Crippen LogP contribution is -2.35. The third kappa shape index (κ3) is 5.62. The Balaban J connectivity index is 2.58. The van der Waals surface area contributed by atoms with Gasteiger partial charge in [0.1, 0.15) is 0 Å². The Bertz CT molecular complexity index is 641. The van der Waals surface area contributed by atoms with Crippen LogP contribution in [0.3, 0.4) is 0 Å². The van der Waals surface area contributed by atoms with Crippen LogP contribution in [0.2, 0.25) is 0 Å². The summed E-state index contributed by atoms with van der Waals surface area (Å²) >= 11 is 0. The van der Waals surface area contributed by atoms with Crippen molar-refractivity contribution in [1.29, 1.82) is 0 Å². The fourth-order valence-corrected chi connectivity index (χ4v) is 2.04. The zero-order valence-corrected chi connectivity index (χ0v) is 13.6. The van der Waals surface area contributed by atoms with Crippen molar-refractivity contribution in [1.82, 2.24) is 9.80 Å². The Morgan fingerprint density at radius 3 is 2.88 bits per heavy atom. The van der Waals surface area contributed by atoms with Crippen molar-refractivity contribution in [3.63, 3.8) is 0 Å². The fraction of sp³-hybridized carbons (Fsp3) is 0.294. The molecule has 0 aromatic carbocycles. The lowest BCUT2D eigenvalue weighted by molar-refractivity contribution is -0.127. The van der Waals surface area contributed by atoms with E-state index in [1.54, 1.807) is 23.1 Å². The van der Waals surface area contributed by atoms with Crippen molar-refractivity contribution in [2.24, 2.45) is 5.11 Å². The summed E-state index contributed by atoms with van der Waals surface area (Å²) in [4.78, 5) is 29.9. The van der Waals surface area contributed by atoms with E-state index in [2.05, 4.69) is 29.8 Å². The zero-order valence-electron chi connectivity index (χ0n) is 13.6. The van der Waals surface area contributed by atoms with E-state index < -0.39 is 0 Å². The van der Waals surface area contributed by atoms with Crippen molar-refractivity contribution in [3.05, 3.63) is 71.7 Å². The molecular formula is C17H21N5O2. The summed E-state index contributed by atoms with van der Waals surface area (Å²) in [5, 5.41) is 3.34. The minimum absolute atomic E-state index is 0.0661. The quantitative estimate of drug-likeness (QED) is 0.214. The predicted octanol–water partition coefficient (Wildman–Crippen LogP) is 2.38. The van der Waals surface area contributed by atoms with Gasteiger partial charge >= 0.3 is 0 Å². The molecule has 126 valence electrons. The van der Waals surface area contributed by atoms with Gasteiger partial charge in [0.15, 0.2) is 0 Å². The molecule has 7 nitrogen and oxygen atoms in total. The lowest BCUT2D eigenvalue weighted by Gasteiger charge is -2.23. The second-order valence-electron chi connectivity index (χ2n) is 5.10. The highest BCUT2D eigenvalue weighted by Crippen LogP contribution is 2.08. The molecule has 1 heterocycles. The van der Waals surface area contributed by atoms with Gasteiger partial charge in [0.2, 0.25) is 5.91 Å². The summed E-state index contributed by atoms with van der Waals surface area (Å²) in [6.07, 6.45) is 8.82. The highest BCUT2D eigenvalue weighted by molar-refractivity contribution is 5.96. The molecule has 0 aromatic heterocycles. The molecule has 0 saturated heterocycles.